The topological polar surface area (TPSA) is 116 Å². The third-order valence-electron chi connectivity index (χ3n) is 7.88. The lowest BCUT2D eigenvalue weighted by Gasteiger charge is -2.25. The van der Waals surface area contributed by atoms with Crippen LogP contribution in [0.4, 0.5) is 0 Å². The Hall–Kier alpha value is -3.39. The number of fused-ring (bicyclic) bond motifs is 1. The summed E-state index contributed by atoms with van der Waals surface area (Å²) in [5.41, 5.74) is 2.12. The lowest BCUT2D eigenvalue weighted by Crippen LogP contribution is -2.37. The number of hydrogen-bond acceptors (Lipinski definition) is 6. The lowest BCUT2D eigenvalue weighted by molar-refractivity contribution is 0.0931. The second-order valence-corrected chi connectivity index (χ2v) is 11.1. The highest BCUT2D eigenvalue weighted by Gasteiger charge is 2.26. The van der Waals surface area contributed by atoms with E-state index in [-0.39, 0.29) is 29.2 Å². The molecule has 1 unspecified atom stereocenters. The number of hydrogen-bond donors (Lipinski definition) is 4. The molecule has 2 aliphatic rings. The number of nitrogens with one attached hydrogen (secondary N) is 3. The fraction of sp³-hybridized carbons (Fsp3) is 0.516. The van der Waals surface area contributed by atoms with Crippen molar-refractivity contribution in [3.05, 3.63) is 51.8 Å². The Morgan fingerprint density at radius 3 is 2.67 bits per heavy atom. The van der Waals surface area contributed by atoms with Gasteiger partial charge in [-0.1, -0.05) is 32.8 Å². The SMILES string of the molecule is CCCC(CCC)NC(=O)c1cc2c(C3CCCNC3)cc(-c3c(O)cccc3OCC3CC3)nc2[nH]c1=O. The van der Waals surface area contributed by atoms with E-state index >= 15 is 0 Å². The van der Waals surface area contributed by atoms with Gasteiger partial charge in [0, 0.05) is 18.0 Å². The number of carbonyl (C=O) groups excluding carboxylic acids is 1. The van der Waals surface area contributed by atoms with Crippen LogP contribution in [0.2, 0.25) is 0 Å². The summed E-state index contributed by atoms with van der Waals surface area (Å²) < 4.78 is 6.11. The maximum absolute atomic E-state index is 13.3. The maximum atomic E-state index is 13.3. The summed E-state index contributed by atoms with van der Waals surface area (Å²) in [4.78, 5) is 34.1. The molecule has 2 aromatic heterocycles. The van der Waals surface area contributed by atoms with E-state index in [1.54, 1.807) is 18.2 Å². The number of nitrogens with zero attached hydrogens (tertiary/aromatic N) is 1. The zero-order chi connectivity index (χ0) is 27.4. The number of aromatic amines is 1. The Labute approximate surface area is 229 Å². The molecule has 3 heterocycles. The van der Waals surface area contributed by atoms with Gasteiger partial charge in [-0.25, -0.2) is 4.98 Å². The Kier molecular flexibility index (Phi) is 8.50. The van der Waals surface area contributed by atoms with Crippen LogP contribution in [0.3, 0.4) is 0 Å². The molecule has 2 fully saturated rings. The molecule has 5 rings (SSSR count). The van der Waals surface area contributed by atoms with Crippen molar-refractivity contribution >= 4 is 16.9 Å². The molecule has 8 heteroatoms. The number of pyridine rings is 2. The number of amides is 1. The average Bonchev–Trinajstić information content (AvgIpc) is 3.76. The Morgan fingerprint density at radius 2 is 1.97 bits per heavy atom. The largest absolute Gasteiger partial charge is 0.507 e. The Morgan fingerprint density at radius 1 is 1.18 bits per heavy atom. The van der Waals surface area contributed by atoms with Gasteiger partial charge < -0.3 is 25.5 Å². The van der Waals surface area contributed by atoms with Crippen molar-refractivity contribution in [2.45, 2.75) is 77.2 Å². The van der Waals surface area contributed by atoms with E-state index in [0.717, 1.165) is 75.4 Å². The fourth-order valence-corrected chi connectivity index (χ4v) is 5.60. The van der Waals surface area contributed by atoms with Gasteiger partial charge in [0.1, 0.15) is 22.7 Å². The highest BCUT2D eigenvalue weighted by atomic mass is 16.5. The molecule has 0 bridgehead atoms. The third kappa shape index (κ3) is 6.27. The van der Waals surface area contributed by atoms with Crippen LogP contribution in [0, 0.1) is 5.92 Å². The Bertz CT molecular complexity index is 1370. The molecule has 1 aliphatic carbocycles. The van der Waals surface area contributed by atoms with Crippen LogP contribution in [-0.2, 0) is 0 Å². The van der Waals surface area contributed by atoms with E-state index in [2.05, 4.69) is 29.5 Å². The number of phenolic OH excluding ortho intramolecular Hbond substituents is 1. The van der Waals surface area contributed by atoms with E-state index in [0.29, 0.717) is 35.2 Å². The highest BCUT2D eigenvalue weighted by Crippen LogP contribution is 2.41. The van der Waals surface area contributed by atoms with Crippen molar-refractivity contribution in [2.24, 2.45) is 5.92 Å². The van der Waals surface area contributed by atoms with Crippen LogP contribution in [0.15, 0.2) is 35.1 Å². The maximum Gasteiger partial charge on any atom is 0.262 e. The lowest BCUT2D eigenvalue weighted by atomic mass is 9.88. The first-order valence-corrected chi connectivity index (χ1v) is 14.5. The first kappa shape index (κ1) is 27.2. The van der Waals surface area contributed by atoms with Crippen LogP contribution in [0.25, 0.3) is 22.3 Å². The zero-order valence-electron chi connectivity index (χ0n) is 23.0. The molecule has 1 saturated heterocycles. The summed E-state index contributed by atoms with van der Waals surface area (Å²) in [5, 5.41) is 18.2. The van der Waals surface area contributed by atoms with Crippen LogP contribution >= 0.6 is 0 Å². The normalized spacial score (nSPS) is 17.5. The van der Waals surface area contributed by atoms with Gasteiger partial charge in [-0.05, 0) is 86.7 Å². The minimum atomic E-state index is -0.466. The molecule has 1 saturated carbocycles. The number of H-pyrrole nitrogens is 1. The summed E-state index contributed by atoms with van der Waals surface area (Å²) in [5.74, 6) is 1.05. The molecule has 39 heavy (non-hydrogen) atoms. The van der Waals surface area contributed by atoms with Crippen LogP contribution in [-0.4, -0.2) is 46.7 Å². The van der Waals surface area contributed by atoms with Gasteiger partial charge in [0.15, 0.2) is 0 Å². The van der Waals surface area contributed by atoms with Crippen LogP contribution in [0.1, 0.15) is 87.1 Å². The van der Waals surface area contributed by atoms with Gasteiger partial charge in [0.05, 0.1) is 17.9 Å². The molecular formula is C31H40N4O4. The number of aromatic hydroxyl groups is 1. The van der Waals surface area contributed by atoms with E-state index in [9.17, 15) is 14.7 Å². The monoisotopic (exact) mass is 532 g/mol. The van der Waals surface area contributed by atoms with Gasteiger partial charge in [-0.2, -0.15) is 0 Å². The van der Waals surface area contributed by atoms with E-state index in [1.165, 1.54) is 0 Å². The molecule has 3 aromatic rings. The summed E-state index contributed by atoms with van der Waals surface area (Å²) >= 11 is 0. The standard InChI is InChI=1S/C31H40N4O4/c1-3-7-21(8-4-2)33-30(37)24-15-23-22(20-9-6-14-32-17-20)16-25(34-29(23)35-31(24)38)28-26(36)10-5-11-27(28)39-18-19-12-13-19/h5,10-11,15-16,19-21,32,36H,3-4,6-9,12-14,17-18H2,1-2H3,(H,33,37)(H,34,35,38). The van der Waals surface area contributed by atoms with Crippen molar-refractivity contribution in [1.82, 2.24) is 20.6 Å². The minimum absolute atomic E-state index is 0.0419. The predicted molar refractivity (Wildman–Crippen MR) is 154 cm³/mol. The quantitative estimate of drug-likeness (QED) is 0.268. The second-order valence-electron chi connectivity index (χ2n) is 11.1. The van der Waals surface area contributed by atoms with Gasteiger partial charge in [-0.3, -0.25) is 9.59 Å². The van der Waals surface area contributed by atoms with Gasteiger partial charge >= 0.3 is 0 Å². The summed E-state index contributed by atoms with van der Waals surface area (Å²) in [6, 6.07) is 8.99. The first-order chi connectivity index (χ1) is 19.0. The summed E-state index contributed by atoms with van der Waals surface area (Å²) in [6.07, 6.45) is 8.01. The zero-order valence-corrected chi connectivity index (χ0v) is 23.0. The third-order valence-corrected chi connectivity index (χ3v) is 7.88. The molecule has 1 amide bonds. The number of carbonyl (C=O) groups is 1. The smallest absolute Gasteiger partial charge is 0.262 e. The molecule has 8 nitrogen and oxygen atoms in total. The van der Waals surface area contributed by atoms with Gasteiger partial charge in [0.25, 0.3) is 11.5 Å². The molecular weight excluding hydrogens is 492 g/mol. The van der Waals surface area contributed by atoms with Crippen molar-refractivity contribution in [1.29, 1.82) is 0 Å². The molecule has 4 N–H and O–H groups in total. The van der Waals surface area contributed by atoms with Crippen molar-refractivity contribution in [2.75, 3.05) is 19.7 Å². The average molecular weight is 533 g/mol. The molecule has 0 spiro atoms. The number of phenols is 1. The minimum Gasteiger partial charge on any atom is -0.507 e. The number of piperidine rings is 1. The van der Waals surface area contributed by atoms with Crippen molar-refractivity contribution < 1.29 is 14.6 Å². The fourth-order valence-electron chi connectivity index (χ4n) is 5.60. The molecule has 208 valence electrons. The molecule has 1 aromatic carbocycles. The first-order valence-electron chi connectivity index (χ1n) is 14.5. The van der Waals surface area contributed by atoms with E-state index < -0.39 is 5.56 Å². The van der Waals surface area contributed by atoms with Crippen LogP contribution in [0.5, 0.6) is 11.5 Å². The molecule has 0 radical (unpaired) electrons. The number of aromatic nitrogens is 2. The predicted octanol–water partition coefficient (Wildman–Crippen LogP) is 5.25. The number of ether oxygens (including phenoxy) is 1. The number of benzene rings is 1. The van der Waals surface area contributed by atoms with Gasteiger partial charge in [-0.15, -0.1) is 0 Å². The van der Waals surface area contributed by atoms with Gasteiger partial charge in [0.2, 0.25) is 0 Å². The second kappa shape index (κ2) is 12.2. The summed E-state index contributed by atoms with van der Waals surface area (Å²) in [6.45, 7) is 6.55. The molecule has 1 atom stereocenters. The van der Waals surface area contributed by atoms with Crippen LogP contribution < -0.4 is 20.9 Å². The number of rotatable bonds is 11. The van der Waals surface area contributed by atoms with Crippen molar-refractivity contribution in [3.8, 4) is 22.8 Å². The van der Waals surface area contributed by atoms with Crippen molar-refractivity contribution in [3.63, 3.8) is 0 Å². The highest BCUT2D eigenvalue weighted by molar-refractivity contribution is 5.98. The molecule has 1 aliphatic heterocycles. The Balaban J connectivity index is 1.59. The summed E-state index contributed by atoms with van der Waals surface area (Å²) in [7, 11) is 0. The van der Waals surface area contributed by atoms with E-state index in [4.69, 9.17) is 9.72 Å². The van der Waals surface area contributed by atoms with E-state index in [1.807, 2.05) is 12.1 Å².